The number of benzene rings is 3. The van der Waals surface area contributed by atoms with E-state index in [1.54, 1.807) is 48.5 Å². The Balaban J connectivity index is 1.64. The van der Waals surface area contributed by atoms with Gasteiger partial charge in [0, 0.05) is 30.6 Å². The van der Waals surface area contributed by atoms with Crippen molar-refractivity contribution < 1.29 is 18.0 Å². The average Bonchev–Trinajstić information content (AvgIpc) is 2.80. The lowest BCUT2D eigenvalue weighted by Crippen LogP contribution is -2.29. The maximum Gasteiger partial charge on any atom is 0.251 e. The van der Waals surface area contributed by atoms with Crippen molar-refractivity contribution in [3.05, 3.63) is 100 Å². The zero-order chi connectivity index (χ0) is 24.7. The number of rotatable bonds is 9. The van der Waals surface area contributed by atoms with Gasteiger partial charge in [-0.05, 0) is 47.0 Å². The van der Waals surface area contributed by atoms with Gasteiger partial charge in [0.15, 0.2) is 0 Å². The van der Waals surface area contributed by atoms with Gasteiger partial charge in [-0.3, -0.25) is 13.9 Å². The second-order valence-corrected chi connectivity index (χ2v) is 10.1. The maximum absolute atomic E-state index is 12.6. The van der Waals surface area contributed by atoms with Crippen molar-refractivity contribution in [3.63, 3.8) is 0 Å². The summed E-state index contributed by atoms with van der Waals surface area (Å²) >= 11 is 6.20. The molecule has 0 atom stereocenters. The summed E-state index contributed by atoms with van der Waals surface area (Å²) < 4.78 is 26.1. The molecule has 3 aromatic rings. The predicted molar refractivity (Wildman–Crippen MR) is 134 cm³/mol. The van der Waals surface area contributed by atoms with Crippen molar-refractivity contribution in [3.8, 4) is 0 Å². The van der Waals surface area contributed by atoms with Crippen LogP contribution in [0.2, 0.25) is 5.02 Å². The zero-order valence-electron chi connectivity index (χ0n) is 18.9. The summed E-state index contributed by atoms with van der Waals surface area (Å²) in [5, 5.41) is 6.07. The molecule has 0 unspecified atom stereocenters. The van der Waals surface area contributed by atoms with Gasteiger partial charge < -0.3 is 10.6 Å². The highest BCUT2D eigenvalue weighted by Gasteiger charge is 2.19. The monoisotopic (exact) mass is 499 g/mol. The number of hydrogen-bond donors (Lipinski definition) is 2. The van der Waals surface area contributed by atoms with Gasteiger partial charge >= 0.3 is 0 Å². The Morgan fingerprint density at radius 2 is 1.41 bits per heavy atom. The number of carbonyl (C=O) groups is 2. The van der Waals surface area contributed by atoms with Gasteiger partial charge in [0.05, 0.1) is 18.5 Å². The predicted octanol–water partition coefficient (Wildman–Crippen LogP) is 3.87. The zero-order valence-corrected chi connectivity index (χ0v) is 20.5. The standard InChI is InChI=1S/C25H26ClN3O4S/c1-18(30)27-15-19-7-9-20(10-8-19)16-28-25(31)21-11-13-23(14-12-21)29(34(2,32)33)17-22-5-3-4-6-24(22)26/h3-14H,15-17H2,1-2H3,(H,27,30)(H,28,31). The van der Waals surface area contributed by atoms with Crippen LogP contribution in [0.3, 0.4) is 0 Å². The molecule has 0 heterocycles. The first-order chi connectivity index (χ1) is 16.1. The molecule has 0 aliphatic heterocycles. The van der Waals surface area contributed by atoms with Crippen molar-refractivity contribution in [2.75, 3.05) is 10.6 Å². The molecule has 0 aromatic heterocycles. The number of amides is 2. The summed E-state index contributed by atoms with van der Waals surface area (Å²) in [4.78, 5) is 23.6. The van der Waals surface area contributed by atoms with E-state index in [4.69, 9.17) is 11.6 Å². The van der Waals surface area contributed by atoms with Crippen LogP contribution in [-0.2, 0) is 34.5 Å². The molecule has 2 amide bonds. The van der Waals surface area contributed by atoms with Crippen molar-refractivity contribution >= 4 is 39.1 Å². The summed E-state index contributed by atoms with van der Waals surface area (Å²) in [5.41, 5.74) is 3.41. The highest BCUT2D eigenvalue weighted by molar-refractivity contribution is 7.92. The Bertz CT molecular complexity index is 1260. The second kappa shape index (κ2) is 11.2. The second-order valence-electron chi connectivity index (χ2n) is 7.82. The van der Waals surface area contributed by atoms with Crippen LogP contribution in [0.15, 0.2) is 72.8 Å². The molecule has 0 aliphatic rings. The summed E-state index contributed by atoms with van der Waals surface area (Å²) in [6, 6.07) is 21.0. The molecule has 34 heavy (non-hydrogen) atoms. The Morgan fingerprint density at radius 1 is 0.853 bits per heavy atom. The van der Waals surface area contributed by atoms with Crippen LogP contribution < -0.4 is 14.9 Å². The fourth-order valence-corrected chi connectivity index (χ4v) is 4.32. The summed E-state index contributed by atoms with van der Waals surface area (Å²) in [6.45, 7) is 2.34. The molecule has 9 heteroatoms. The van der Waals surface area contributed by atoms with Crippen LogP contribution in [0.5, 0.6) is 0 Å². The maximum atomic E-state index is 12.6. The highest BCUT2D eigenvalue weighted by atomic mass is 35.5. The third-order valence-electron chi connectivity index (χ3n) is 5.11. The largest absolute Gasteiger partial charge is 0.352 e. The van der Waals surface area contributed by atoms with Crippen LogP contribution in [0.1, 0.15) is 34.0 Å². The number of carbonyl (C=O) groups excluding carboxylic acids is 2. The highest BCUT2D eigenvalue weighted by Crippen LogP contribution is 2.24. The van der Waals surface area contributed by atoms with Gasteiger partial charge in [0.2, 0.25) is 15.9 Å². The topological polar surface area (TPSA) is 95.6 Å². The molecule has 0 fully saturated rings. The number of nitrogens with one attached hydrogen (secondary N) is 2. The number of halogens is 1. The molecule has 2 N–H and O–H groups in total. The minimum Gasteiger partial charge on any atom is -0.352 e. The van der Waals surface area contributed by atoms with E-state index in [2.05, 4.69) is 10.6 Å². The number of sulfonamides is 1. The Morgan fingerprint density at radius 3 is 1.94 bits per heavy atom. The van der Waals surface area contributed by atoms with Crippen molar-refractivity contribution in [2.45, 2.75) is 26.6 Å². The van der Waals surface area contributed by atoms with Crippen LogP contribution in [0.4, 0.5) is 5.69 Å². The van der Waals surface area contributed by atoms with E-state index in [1.165, 1.54) is 11.2 Å². The van der Waals surface area contributed by atoms with Gasteiger partial charge in [-0.1, -0.05) is 54.1 Å². The van der Waals surface area contributed by atoms with Crippen LogP contribution in [0.25, 0.3) is 0 Å². The molecule has 7 nitrogen and oxygen atoms in total. The fourth-order valence-electron chi connectivity index (χ4n) is 3.25. The lowest BCUT2D eigenvalue weighted by atomic mass is 10.1. The molecule has 0 saturated carbocycles. The quantitative estimate of drug-likeness (QED) is 0.467. The Hall–Kier alpha value is -3.36. The summed E-state index contributed by atoms with van der Waals surface area (Å²) in [7, 11) is -3.57. The van der Waals surface area contributed by atoms with Crippen LogP contribution in [-0.4, -0.2) is 26.5 Å². The minimum absolute atomic E-state index is 0.0853. The van der Waals surface area contributed by atoms with Gasteiger partial charge in [-0.2, -0.15) is 0 Å². The molecule has 178 valence electrons. The molecular weight excluding hydrogens is 474 g/mol. The van der Waals surface area contributed by atoms with Crippen molar-refractivity contribution in [1.29, 1.82) is 0 Å². The Kier molecular flexibility index (Phi) is 8.31. The average molecular weight is 500 g/mol. The number of hydrogen-bond acceptors (Lipinski definition) is 4. The number of nitrogens with zero attached hydrogens (tertiary/aromatic N) is 1. The Labute approximate surface area is 204 Å². The van der Waals surface area contributed by atoms with E-state index in [0.29, 0.717) is 34.9 Å². The van der Waals surface area contributed by atoms with E-state index >= 15 is 0 Å². The van der Waals surface area contributed by atoms with E-state index in [1.807, 2.05) is 24.3 Å². The van der Waals surface area contributed by atoms with Crippen molar-refractivity contribution in [2.24, 2.45) is 0 Å². The van der Waals surface area contributed by atoms with Gasteiger partial charge in [-0.25, -0.2) is 8.42 Å². The SMILES string of the molecule is CC(=O)NCc1ccc(CNC(=O)c2ccc(N(Cc3ccccc3Cl)S(C)(=O)=O)cc2)cc1. The number of anilines is 1. The normalized spacial score (nSPS) is 11.0. The first-order valence-corrected chi connectivity index (χ1v) is 12.8. The van der Waals surface area contributed by atoms with Crippen LogP contribution in [0, 0.1) is 0 Å². The van der Waals surface area contributed by atoms with E-state index < -0.39 is 10.0 Å². The van der Waals surface area contributed by atoms with Gasteiger partial charge in [-0.15, -0.1) is 0 Å². The molecule has 0 aliphatic carbocycles. The first-order valence-electron chi connectivity index (χ1n) is 10.5. The van der Waals surface area contributed by atoms with Crippen LogP contribution >= 0.6 is 11.6 Å². The summed E-state index contributed by atoms with van der Waals surface area (Å²) in [5.74, 6) is -0.364. The third kappa shape index (κ3) is 7.07. The van der Waals surface area contributed by atoms with Gasteiger partial charge in [0.1, 0.15) is 0 Å². The van der Waals surface area contributed by atoms with E-state index in [0.717, 1.165) is 17.4 Å². The minimum atomic E-state index is -3.57. The smallest absolute Gasteiger partial charge is 0.251 e. The fraction of sp³-hybridized carbons (Fsp3) is 0.200. The molecule has 0 saturated heterocycles. The summed E-state index contributed by atoms with van der Waals surface area (Å²) in [6.07, 6.45) is 1.13. The third-order valence-corrected chi connectivity index (χ3v) is 6.62. The molecule has 3 aromatic carbocycles. The van der Waals surface area contributed by atoms with E-state index in [9.17, 15) is 18.0 Å². The van der Waals surface area contributed by atoms with Crippen molar-refractivity contribution in [1.82, 2.24) is 10.6 Å². The molecular formula is C25H26ClN3O4S. The molecule has 0 radical (unpaired) electrons. The molecule has 3 rings (SSSR count). The molecule has 0 spiro atoms. The lowest BCUT2D eigenvalue weighted by molar-refractivity contribution is -0.119. The van der Waals surface area contributed by atoms with Gasteiger partial charge in [0.25, 0.3) is 5.91 Å². The molecule has 0 bridgehead atoms. The first kappa shape index (κ1) is 25.3. The lowest BCUT2D eigenvalue weighted by Gasteiger charge is -2.23. The van der Waals surface area contributed by atoms with E-state index in [-0.39, 0.29) is 18.4 Å².